The van der Waals surface area contributed by atoms with Crippen LogP contribution in [0.5, 0.6) is 0 Å². The zero-order chi connectivity index (χ0) is 20.3. The standard InChI is InChI=1S/C16H25Cl3O3S5/c17-4-1-14(20)25-8-7-23-11-13(12-27-16(22)3-6-19)24-9-10-26-15(21)2-5-18/h13H,1-12H2. The van der Waals surface area contributed by atoms with Crippen LogP contribution in [0.2, 0.25) is 0 Å². The average molecular weight is 532 g/mol. The maximum absolute atomic E-state index is 11.7. The van der Waals surface area contributed by atoms with Gasteiger partial charge in [-0.25, -0.2) is 0 Å². The first-order valence-electron chi connectivity index (χ1n) is 8.37. The highest BCUT2D eigenvalue weighted by Gasteiger charge is 2.13. The molecule has 0 saturated carbocycles. The fourth-order valence-corrected chi connectivity index (χ4v) is 7.93. The van der Waals surface area contributed by atoms with E-state index in [-0.39, 0.29) is 15.3 Å². The van der Waals surface area contributed by atoms with E-state index in [9.17, 15) is 14.4 Å². The first kappa shape index (κ1) is 28.6. The van der Waals surface area contributed by atoms with Crippen LogP contribution in [0.3, 0.4) is 0 Å². The monoisotopic (exact) mass is 530 g/mol. The van der Waals surface area contributed by atoms with E-state index in [4.69, 9.17) is 34.8 Å². The summed E-state index contributed by atoms with van der Waals surface area (Å²) in [5, 5.41) is 0.709. The van der Waals surface area contributed by atoms with Gasteiger partial charge in [-0.05, 0) is 0 Å². The molecular weight excluding hydrogens is 507 g/mol. The Bertz CT molecular complexity index is 430. The van der Waals surface area contributed by atoms with Gasteiger partial charge in [0.1, 0.15) is 0 Å². The van der Waals surface area contributed by atoms with E-state index in [0.29, 0.717) is 42.2 Å². The first-order chi connectivity index (χ1) is 13.0. The molecule has 0 rings (SSSR count). The lowest BCUT2D eigenvalue weighted by atomic mass is 10.5. The lowest BCUT2D eigenvalue weighted by Gasteiger charge is -2.15. The van der Waals surface area contributed by atoms with Gasteiger partial charge in [-0.1, -0.05) is 35.3 Å². The van der Waals surface area contributed by atoms with Gasteiger partial charge in [0.05, 0.1) is 0 Å². The number of halogens is 3. The smallest absolute Gasteiger partial charge is 0.190 e. The summed E-state index contributed by atoms with van der Waals surface area (Å²) >= 11 is 24.3. The molecule has 0 radical (unpaired) electrons. The number of carbonyl (C=O) groups is 3. The topological polar surface area (TPSA) is 51.2 Å². The number of carbonyl (C=O) groups excluding carboxylic acids is 3. The molecule has 1 atom stereocenters. The van der Waals surface area contributed by atoms with Crippen molar-refractivity contribution in [2.24, 2.45) is 0 Å². The van der Waals surface area contributed by atoms with E-state index in [2.05, 4.69) is 0 Å². The van der Waals surface area contributed by atoms with Crippen LogP contribution in [0, 0.1) is 0 Å². The van der Waals surface area contributed by atoms with E-state index in [1.54, 1.807) is 23.5 Å². The first-order valence-corrected chi connectivity index (χ1v) is 15.1. The van der Waals surface area contributed by atoms with Gasteiger partial charge in [0.15, 0.2) is 15.3 Å². The van der Waals surface area contributed by atoms with Crippen LogP contribution < -0.4 is 0 Å². The SMILES string of the molecule is O=C(CCCl)SCCSCC(CSC(=O)CCCl)SCCSC(=O)CCCl. The number of thioether (sulfide) groups is 5. The molecule has 0 heterocycles. The number of rotatable bonds is 17. The van der Waals surface area contributed by atoms with E-state index in [1.807, 2.05) is 0 Å². The van der Waals surface area contributed by atoms with Crippen molar-refractivity contribution >= 4 is 109 Å². The fraction of sp³-hybridized carbons (Fsp3) is 0.812. The Hall–Kier alpha value is 1.63. The third-order valence-electron chi connectivity index (χ3n) is 2.82. The van der Waals surface area contributed by atoms with Crippen molar-refractivity contribution in [2.45, 2.75) is 24.5 Å². The van der Waals surface area contributed by atoms with Gasteiger partial charge in [-0.2, -0.15) is 23.5 Å². The Morgan fingerprint density at radius 1 is 0.630 bits per heavy atom. The Morgan fingerprint density at radius 3 is 1.63 bits per heavy atom. The Labute approximate surface area is 198 Å². The van der Waals surface area contributed by atoms with Crippen molar-refractivity contribution in [1.29, 1.82) is 0 Å². The molecule has 0 aromatic carbocycles. The van der Waals surface area contributed by atoms with Crippen LogP contribution in [0.4, 0.5) is 0 Å². The molecule has 0 aromatic rings. The van der Waals surface area contributed by atoms with Crippen LogP contribution in [0.1, 0.15) is 19.3 Å². The maximum atomic E-state index is 11.7. The van der Waals surface area contributed by atoms with Gasteiger partial charge >= 0.3 is 0 Å². The van der Waals surface area contributed by atoms with Crippen LogP contribution in [-0.2, 0) is 14.4 Å². The van der Waals surface area contributed by atoms with E-state index >= 15 is 0 Å². The normalized spacial score (nSPS) is 12.1. The summed E-state index contributed by atoms with van der Waals surface area (Å²) in [4.78, 5) is 34.6. The van der Waals surface area contributed by atoms with Gasteiger partial charge in [0.25, 0.3) is 0 Å². The number of hydrogen-bond acceptors (Lipinski definition) is 8. The van der Waals surface area contributed by atoms with Gasteiger partial charge < -0.3 is 0 Å². The average Bonchev–Trinajstić information content (AvgIpc) is 2.62. The highest BCUT2D eigenvalue weighted by molar-refractivity contribution is 8.15. The second-order valence-electron chi connectivity index (χ2n) is 5.01. The van der Waals surface area contributed by atoms with E-state index < -0.39 is 0 Å². The third-order valence-corrected chi connectivity index (χ3v) is 9.67. The number of hydrogen-bond donors (Lipinski definition) is 0. The summed E-state index contributed by atoms with van der Waals surface area (Å²) < 4.78 is 0. The van der Waals surface area contributed by atoms with Gasteiger partial charge in [-0.3, -0.25) is 14.4 Å². The highest BCUT2D eigenvalue weighted by Crippen LogP contribution is 2.24. The largest absolute Gasteiger partial charge is 0.287 e. The minimum atomic E-state index is 0.120. The lowest BCUT2D eigenvalue weighted by molar-refractivity contribution is -0.111. The van der Waals surface area contributed by atoms with Gasteiger partial charge in [0.2, 0.25) is 0 Å². The molecule has 0 N–H and O–H groups in total. The maximum Gasteiger partial charge on any atom is 0.190 e. The molecule has 11 heteroatoms. The Kier molecular flexibility index (Phi) is 22.1. The minimum absolute atomic E-state index is 0.120. The fourth-order valence-electron chi connectivity index (χ4n) is 1.58. The molecule has 27 heavy (non-hydrogen) atoms. The minimum Gasteiger partial charge on any atom is -0.287 e. The number of alkyl halides is 3. The van der Waals surface area contributed by atoms with Crippen LogP contribution in [-0.4, -0.2) is 72.8 Å². The summed E-state index contributed by atoms with van der Waals surface area (Å²) in [6, 6.07) is 0. The van der Waals surface area contributed by atoms with Crippen LogP contribution in [0.15, 0.2) is 0 Å². The molecule has 0 fully saturated rings. The second-order valence-corrected chi connectivity index (χ2v) is 12.1. The summed E-state index contributed by atoms with van der Waals surface area (Å²) in [6.45, 7) is 0. The quantitative estimate of drug-likeness (QED) is 0.180. The van der Waals surface area contributed by atoms with Gasteiger partial charge in [0, 0.05) is 76.7 Å². The lowest BCUT2D eigenvalue weighted by Crippen LogP contribution is -2.14. The van der Waals surface area contributed by atoms with Crippen LogP contribution >= 0.6 is 93.6 Å². The summed E-state index contributed by atoms with van der Waals surface area (Å²) in [6.07, 6.45) is 1.20. The summed E-state index contributed by atoms with van der Waals surface area (Å²) in [5.41, 5.74) is 0. The second kappa shape index (κ2) is 20.9. The molecule has 0 saturated heterocycles. The zero-order valence-electron chi connectivity index (χ0n) is 15.0. The zero-order valence-corrected chi connectivity index (χ0v) is 21.3. The molecular formula is C16H25Cl3O3S5. The Morgan fingerprint density at radius 2 is 1.11 bits per heavy atom. The van der Waals surface area contributed by atoms with Crippen molar-refractivity contribution in [1.82, 2.24) is 0 Å². The molecule has 0 aliphatic carbocycles. The predicted octanol–water partition coefficient (Wildman–Crippen LogP) is 5.49. The third kappa shape index (κ3) is 19.3. The molecule has 3 nitrogen and oxygen atoms in total. The predicted molar refractivity (Wildman–Crippen MR) is 132 cm³/mol. The van der Waals surface area contributed by atoms with E-state index in [0.717, 1.165) is 34.5 Å². The van der Waals surface area contributed by atoms with Crippen molar-refractivity contribution in [3.05, 3.63) is 0 Å². The molecule has 0 aliphatic rings. The Balaban J connectivity index is 4.10. The van der Waals surface area contributed by atoms with E-state index in [1.165, 1.54) is 35.3 Å². The van der Waals surface area contributed by atoms with Crippen molar-refractivity contribution < 1.29 is 14.4 Å². The molecule has 0 aromatic heterocycles. The molecule has 1 unspecified atom stereocenters. The molecule has 0 bridgehead atoms. The van der Waals surface area contributed by atoms with Crippen molar-refractivity contribution in [3.63, 3.8) is 0 Å². The van der Waals surface area contributed by atoms with Crippen molar-refractivity contribution in [2.75, 3.05) is 52.2 Å². The molecule has 0 spiro atoms. The summed E-state index contributed by atoms with van der Waals surface area (Å²) in [5.74, 6) is 6.02. The molecule has 158 valence electrons. The van der Waals surface area contributed by atoms with Crippen molar-refractivity contribution in [3.8, 4) is 0 Å². The molecule has 0 amide bonds. The van der Waals surface area contributed by atoms with Gasteiger partial charge in [-0.15, -0.1) is 34.8 Å². The van der Waals surface area contributed by atoms with Crippen LogP contribution in [0.25, 0.3) is 0 Å². The highest BCUT2D eigenvalue weighted by atomic mass is 35.5. The molecule has 0 aliphatic heterocycles. The summed E-state index contributed by atoms with van der Waals surface area (Å²) in [7, 11) is 0.